The number of alkyl halides is 3. The third kappa shape index (κ3) is 8.16. The maximum Gasteiger partial charge on any atom is 0.416 e. The first-order valence-corrected chi connectivity index (χ1v) is 15.7. The van der Waals surface area contributed by atoms with E-state index in [2.05, 4.69) is 17.2 Å². The predicted octanol–water partition coefficient (Wildman–Crippen LogP) is 7.75. The summed E-state index contributed by atoms with van der Waals surface area (Å²) in [4.78, 5) is 32.3. The highest BCUT2D eigenvalue weighted by molar-refractivity contribution is 7.20. The van der Waals surface area contributed by atoms with Crippen LogP contribution in [0.1, 0.15) is 47.8 Å². The van der Waals surface area contributed by atoms with Gasteiger partial charge in [-0.15, -0.1) is 11.3 Å². The Bertz CT molecular complexity index is 1770. The fraction of sp³-hybridized carbons (Fsp3) is 0.324. The number of thiophene rings is 1. The molecule has 0 bridgehead atoms. The zero-order valence-corrected chi connectivity index (χ0v) is 25.9. The van der Waals surface area contributed by atoms with Crippen LogP contribution in [-0.4, -0.2) is 47.8 Å². The molecule has 1 aliphatic heterocycles. The molecule has 3 heterocycles. The molecule has 2 aromatic carbocycles. The highest BCUT2D eigenvalue weighted by Crippen LogP contribution is 2.39. The number of fused-ring (bicyclic) bond motifs is 1. The summed E-state index contributed by atoms with van der Waals surface area (Å²) < 4.78 is 74.8. The molecule has 46 heavy (non-hydrogen) atoms. The Labute approximate surface area is 266 Å². The molecule has 0 aliphatic carbocycles. The third-order valence-corrected chi connectivity index (χ3v) is 8.79. The molecule has 1 N–H and O–H groups in total. The Morgan fingerprint density at radius 2 is 1.83 bits per heavy atom. The second kappa shape index (κ2) is 14.5. The van der Waals surface area contributed by atoms with Crippen molar-refractivity contribution < 1.29 is 36.3 Å². The first kappa shape index (κ1) is 33.2. The number of Topliss-reactive ketones (excluding diaryl/α,β-unsaturated/α-hetero) is 1. The maximum atomic E-state index is 15.1. The number of carbonyl (C=O) groups excluding carboxylic acids is 2. The molecule has 4 aromatic rings. The monoisotopic (exact) mass is 657 g/mol. The largest absolute Gasteiger partial charge is 0.453 e. The number of nitrogens with one attached hydrogen (secondary N) is 1. The third-order valence-electron chi connectivity index (χ3n) is 7.57. The molecule has 12 heteroatoms. The second-order valence-corrected chi connectivity index (χ2v) is 12.1. The molecule has 1 amide bonds. The van der Waals surface area contributed by atoms with Gasteiger partial charge in [0.1, 0.15) is 17.3 Å². The lowest BCUT2D eigenvalue weighted by Gasteiger charge is -2.26. The lowest BCUT2D eigenvalue weighted by Crippen LogP contribution is -2.36. The van der Waals surface area contributed by atoms with E-state index in [1.807, 2.05) is 17.0 Å². The van der Waals surface area contributed by atoms with Crippen LogP contribution >= 0.6 is 11.3 Å². The minimum absolute atomic E-state index is 0.0814. The van der Waals surface area contributed by atoms with Gasteiger partial charge in [-0.05, 0) is 72.5 Å². The lowest BCUT2D eigenvalue weighted by molar-refractivity contribution is -0.137. The number of aromatic nitrogens is 1. The van der Waals surface area contributed by atoms with Crippen molar-refractivity contribution in [2.24, 2.45) is 0 Å². The van der Waals surface area contributed by atoms with Gasteiger partial charge in [-0.2, -0.15) is 13.2 Å². The Hall–Kier alpha value is -4.16. The van der Waals surface area contributed by atoms with Crippen molar-refractivity contribution in [3.05, 3.63) is 94.0 Å². The van der Waals surface area contributed by atoms with E-state index in [0.29, 0.717) is 61.9 Å². The van der Waals surface area contributed by atoms with Crippen LogP contribution in [0.2, 0.25) is 0 Å². The van der Waals surface area contributed by atoms with Crippen LogP contribution < -0.4 is 10.1 Å². The van der Waals surface area contributed by atoms with E-state index in [0.717, 1.165) is 34.2 Å². The van der Waals surface area contributed by atoms with E-state index in [1.165, 1.54) is 23.5 Å². The lowest BCUT2D eigenvalue weighted by atomic mass is 10.0. The van der Waals surface area contributed by atoms with Crippen molar-refractivity contribution in [2.75, 3.05) is 26.2 Å². The molecule has 0 saturated heterocycles. The zero-order valence-electron chi connectivity index (χ0n) is 25.1. The van der Waals surface area contributed by atoms with E-state index < -0.39 is 35.6 Å². The average Bonchev–Trinajstić information content (AvgIpc) is 3.47. The Balaban J connectivity index is 1.23. The molecule has 0 spiro atoms. The van der Waals surface area contributed by atoms with Crippen molar-refractivity contribution in [1.29, 1.82) is 0 Å². The number of hydrogen-bond acceptors (Lipinski definition) is 6. The normalized spacial score (nSPS) is 13.6. The van der Waals surface area contributed by atoms with E-state index in [1.54, 1.807) is 12.3 Å². The van der Waals surface area contributed by atoms with Gasteiger partial charge < -0.3 is 15.0 Å². The summed E-state index contributed by atoms with van der Waals surface area (Å²) in [5.41, 5.74) is 0.639. The van der Waals surface area contributed by atoms with E-state index in [-0.39, 0.29) is 29.2 Å². The standard InChI is InChI=1S/C34H32F5N3O3S/c1-2-11-40-12-8-32(44)42-14-9-22(10-15-42)31-20-28-33(46-31)30(7-13-41-28)45-29-6-3-21(17-27(29)36)16-25(43)19-23-18-24(34(37,38)39)4-5-26(23)35/h3-7,9,13,17-18,20,40H,2,8,10-12,14-16,19H2,1H3. The quantitative estimate of drug-likeness (QED) is 0.125. The SMILES string of the molecule is CCCNCCC(=O)N1CC=C(c2cc3nccc(Oc4ccc(CC(=O)Cc5cc(C(F)(F)F)ccc5F)cc4F)c3s2)CC1. The molecular formula is C34H32F5N3O3S. The first-order valence-electron chi connectivity index (χ1n) is 14.9. The molecule has 0 radical (unpaired) electrons. The summed E-state index contributed by atoms with van der Waals surface area (Å²) in [7, 11) is 0. The Morgan fingerprint density at radius 1 is 1.00 bits per heavy atom. The number of halogens is 5. The number of ketones is 1. The summed E-state index contributed by atoms with van der Waals surface area (Å²) in [6.45, 7) is 4.79. The van der Waals surface area contributed by atoms with Crippen LogP contribution in [0, 0.1) is 11.6 Å². The number of benzene rings is 2. The summed E-state index contributed by atoms with van der Waals surface area (Å²) in [6, 6.07) is 9.46. The van der Waals surface area contributed by atoms with Crippen molar-refractivity contribution in [1.82, 2.24) is 15.2 Å². The van der Waals surface area contributed by atoms with Gasteiger partial charge in [-0.25, -0.2) is 8.78 Å². The Kier molecular flexibility index (Phi) is 10.5. The van der Waals surface area contributed by atoms with Crippen LogP contribution in [0.5, 0.6) is 11.5 Å². The predicted molar refractivity (Wildman–Crippen MR) is 167 cm³/mol. The summed E-state index contributed by atoms with van der Waals surface area (Å²) in [5.74, 6) is -1.78. The minimum Gasteiger partial charge on any atom is -0.453 e. The smallest absolute Gasteiger partial charge is 0.416 e. The zero-order chi connectivity index (χ0) is 32.8. The molecule has 0 atom stereocenters. The van der Waals surface area contributed by atoms with Crippen LogP contribution in [0.4, 0.5) is 22.0 Å². The van der Waals surface area contributed by atoms with Gasteiger partial charge in [-0.1, -0.05) is 19.1 Å². The fourth-order valence-corrected chi connectivity index (χ4v) is 6.31. The number of hydrogen-bond donors (Lipinski definition) is 1. The number of amides is 1. The second-order valence-electron chi connectivity index (χ2n) is 11.0. The first-order chi connectivity index (χ1) is 22.0. The molecule has 242 valence electrons. The highest BCUT2D eigenvalue weighted by atomic mass is 32.1. The van der Waals surface area contributed by atoms with Gasteiger partial charge in [0.15, 0.2) is 11.6 Å². The number of ether oxygens (including phenoxy) is 1. The summed E-state index contributed by atoms with van der Waals surface area (Å²) in [6.07, 6.45) is 0.266. The van der Waals surface area contributed by atoms with Gasteiger partial charge in [-0.3, -0.25) is 14.6 Å². The highest BCUT2D eigenvalue weighted by Gasteiger charge is 2.31. The molecular weight excluding hydrogens is 625 g/mol. The summed E-state index contributed by atoms with van der Waals surface area (Å²) in [5, 5.41) is 3.25. The fourth-order valence-electron chi connectivity index (χ4n) is 5.17. The maximum absolute atomic E-state index is 15.1. The van der Waals surface area contributed by atoms with Gasteiger partial charge in [0.25, 0.3) is 0 Å². The van der Waals surface area contributed by atoms with Gasteiger partial charge in [0.2, 0.25) is 5.91 Å². The number of pyridine rings is 1. The van der Waals surface area contributed by atoms with Crippen molar-refractivity contribution in [3.63, 3.8) is 0 Å². The molecule has 0 saturated carbocycles. The Morgan fingerprint density at radius 3 is 2.54 bits per heavy atom. The van der Waals surface area contributed by atoms with Crippen LogP contribution in [0.25, 0.3) is 15.8 Å². The number of rotatable bonds is 12. The van der Waals surface area contributed by atoms with Gasteiger partial charge >= 0.3 is 6.18 Å². The van der Waals surface area contributed by atoms with E-state index >= 15 is 4.39 Å². The topological polar surface area (TPSA) is 71.5 Å². The minimum atomic E-state index is -4.67. The molecule has 6 nitrogen and oxygen atoms in total. The van der Waals surface area contributed by atoms with Crippen molar-refractivity contribution in [3.8, 4) is 11.5 Å². The summed E-state index contributed by atoms with van der Waals surface area (Å²) >= 11 is 1.46. The van der Waals surface area contributed by atoms with Crippen molar-refractivity contribution in [2.45, 2.75) is 45.2 Å². The van der Waals surface area contributed by atoms with E-state index in [9.17, 15) is 27.2 Å². The van der Waals surface area contributed by atoms with Crippen LogP contribution in [0.15, 0.2) is 60.8 Å². The van der Waals surface area contributed by atoms with Gasteiger partial charge in [0, 0.05) is 56.0 Å². The molecule has 5 rings (SSSR count). The van der Waals surface area contributed by atoms with Crippen LogP contribution in [0.3, 0.4) is 0 Å². The number of carbonyl (C=O) groups is 2. The molecule has 2 aromatic heterocycles. The van der Waals surface area contributed by atoms with Crippen molar-refractivity contribution >= 4 is 38.8 Å². The average molecular weight is 658 g/mol. The van der Waals surface area contributed by atoms with Crippen LogP contribution in [-0.2, 0) is 28.6 Å². The molecule has 0 fully saturated rings. The molecule has 0 unspecified atom stereocenters. The molecule has 1 aliphatic rings. The number of nitrogens with zero attached hydrogens (tertiary/aromatic N) is 2. The van der Waals surface area contributed by atoms with Gasteiger partial charge in [0.05, 0.1) is 15.8 Å². The van der Waals surface area contributed by atoms with E-state index in [4.69, 9.17) is 4.74 Å².